The van der Waals surface area contributed by atoms with Gasteiger partial charge in [-0.05, 0) is 74.9 Å². The van der Waals surface area contributed by atoms with E-state index in [4.69, 9.17) is 0 Å². The van der Waals surface area contributed by atoms with E-state index in [1.54, 1.807) is 10.4 Å². The van der Waals surface area contributed by atoms with Crippen molar-refractivity contribution in [1.82, 2.24) is 14.1 Å². The molecule has 6 nitrogen and oxygen atoms in total. The minimum Gasteiger partial charge on any atom is -0.339 e. The smallest absolute Gasteiger partial charge is 0.243 e. The van der Waals surface area contributed by atoms with Crippen LogP contribution < -0.4 is 0 Å². The monoisotopic (exact) mass is 405 g/mol. The number of carbonyl (C=O) groups excluding carboxylic acids is 1. The fourth-order valence-corrected chi connectivity index (χ4v) is 6.08. The van der Waals surface area contributed by atoms with Crippen molar-refractivity contribution in [2.75, 3.05) is 45.8 Å². The Bertz CT molecular complexity index is 810. The SMILES string of the molecule is O=C(CN1CCCCC1)N1CCN(S(=O)(=O)c2ccc3c(c2)CCCC3)CC1. The number of nitrogens with zero attached hydrogens (tertiary/aromatic N) is 3. The van der Waals surface area contributed by atoms with Crippen molar-refractivity contribution in [2.24, 2.45) is 0 Å². The fourth-order valence-electron chi connectivity index (χ4n) is 4.61. The molecule has 0 bridgehead atoms. The van der Waals surface area contributed by atoms with Crippen molar-refractivity contribution in [3.8, 4) is 0 Å². The molecule has 0 atom stereocenters. The molecule has 2 saturated heterocycles. The van der Waals surface area contributed by atoms with Gasteiger partial charge >= 0.3 is 0 Å². The summed E-state index contributed by atoms with van der Waals surface area (Å²) < 4.78 is 27.7. The fraction of sp³-hybridized carbons (Fsp3) is 0.667. The molecule has 4 rings (SSSR count). The van der Waals surface area contributed by atoms with Crippen molar-refractivity contribution in [3.63, 3.8) is 0 Å². The number of amides is 1. The predicted octanol–water partition coefficient (Wildman–Crippen LogP) is 1.88. The summed E-state index contributed by atoms with van der Waals surface area (Å²) in [4.78, 5) is 17.0. The van der Waals surface area contributed by atoms with Crippen molar-refractivity contribution in [2.45, 2.75) is 49.8 Å². The third-order valence-electron chi connectivity index (χ3n) is 6.36. The van der Waals surface area contributed by atoms with Crippen LogP contribution >= 0.6 is 0 Å². The number of rotatable bonds is 4. The maximum Gasteiger partial charge on any atom is 0.243 e. The Kier molecular flexibility index (Phi) is 6.04. The number of sulfonamides is 1. The van der Waals surface area contributed by atoms with E-state index in [2.05, 4.69) is 4.90 Å². The van der Waals surface area contributed by atoms with E-state index in [0.717, 1.165) is 32.4 Å². The Balaban J connectivity index is 1.36. The molecular formula is C21H31N3O3S. The van der Waals surface area contributed by atoms with E-state index >= 15 is 0 Å². The molecule has 0 spiro atoms. The lowest BCUT2D eigenvalue weighted by Gasteiger charge is -2.35. The second-order valence-electron chi connectivity index (χ2n) is 8.26. The summed E-state index contributed by atoms with van der Waals surface area (Å²) in [7, 11) is -3.49. The first-order valence-corrected chi connectivity index (χ1v) is 12.1. The third kappa shape index (κ3) is 4.26. The maximum absolute atomic E-state index is 13.1. The van der Waals surface area contributed by atoms with Gasteiger partial charge < -0.3 is 4.90 Å². The van der Waals surface area contributed by atoms with Crippen LogP contribution in [0, 0.1) is 0 Å². The minimum atomic E-state index is -3.49. The molecule has 3 aliphatic rings. The molecule has 1 aromatic rings. The molecule has 1 aromatic carbocycles. The number of likely N-dealkylation sites (tertiary alicyclic amines) is 1. The van der Waals surface area contributed by atoms with Gasteiger partial charge in [-0.15, -0.1) is 0 Å². The Labute approximate surface area is 168 Å². The Morgan fingerprint density at radius 3 is 2.21 bits per heavy atom. The molecule has 7 heteroatoms. The zero-order chi connectivity index (χ0) is 19.6. The zero-order valence-corrected chi connectivity index (χ0v) is 17.4. The first-order valence-electron chi connectivity index (χ1n) is 10.7. The van der Waals surface area contributed by atoms with Gasteiger partial charge in [0.25, 0.3) is 0 Å². The predicted molar refractivity (Wildman–Crippen MR) is 109 cm³/mol. The minimum absolute atomic E-state index is 0.132. The molecule has 1 aliphatic carbocycles. The molecule has 2 aliphatic heterocycles. The highest BCUT2D eigenvalue weighted by Crippen LogP contribution is 2.26. The average molecular weight is 406 g/mol. The zero-order valence-electron chi connectivity index (χ0n) is 16.6. The Morgan fingerprint density at radius 1 is 0.821 bits per heavy atom. The van der Waals surface area contributed by atoms with Crippen LogP contribution in [0.2, 0.25) is 0 Å². The standard InChI is InChI=1S/C21H31N3O3S/c25-21(17-22-10-4-1-5-11-22)23-12-14-24(15-13-23)28(26,27)20-9-8-18-6-2-3-7-19(18)16-20/h8-9,16H,1-7,10-15,17H2. The van der Waals surface area contributed by atoms with Crippen LogP contribution in [-0.4, -0.2) is 74.2 Å². The molecule has 0 radical (unpaired) electrons. The van der Waals surface area contributed by atoms with Crippen LogP contribution in [0.1, 0.15) is 43.2 Å². The summed E-state index contributed by atoms with van der Waals surface area (Å²) in [6.45, 7) is 4.19. The highest BCUT2D eigenvalue weighted by molar-refractivity contribution is 7.89. The van der Waals surface area contributed by atoms with Gasteiger partial charge in [0.05, 0.1) is 11.4 Å². The lowest BCUT2D eigenvalue weighted by Crippen LogP contribution is -2.52. The molecule has 154 valence electrons. The van der Waals surface area contributed by atoms with Gasteiger partial charge in [-0.3, -0.25) is 9.69 Å². The van der Waals surface area contributed by atoms with E-state index in [1.165, 1.54) is 36.8 Å². The van der Waals surface area contributed by atoms with E-state index in [0.29, 0.717) is 37.6 Å². The summed E-state index contributed by atoms with van der Waals surface area (Å²) in [5.74, 6) is 0.132. The number of carbonyl (C=O) groups is 1. The summed E-state index contributed by atoms with van der Waals surface area (Å²) in [6.07, 6.45) is 7.93. The molecule has 0 N–H and O–H groups in total. The quantitative estimate of drug-likeness (QED) is 0.768. The summed E-state index contributed by atoms with van der Waals surface area (Å²) in [5, 5.41) is 0. The first-order chi connectivity index (χ1) is 13.5. The first kappa shape index (κ1) is 19.9. The highest BCUT2D eigenvalue weighted by Gasteiger charge is 2.31. The maximum atomic E-state index is 13.1. The van der Waals surface area contributed by atoms with Crippen molar-refractivity contribution in [1.29, 1.82) is 0 Å². The molecule has 2 fully saturated rings. The Morgan fingerprint density at radius 2 is 1.50 bits per heavy atom. The number of benzene rings is 1. The molecule has 0 aromatic heterocycles. The summed E-state index contributed by atoms with van der Waals surface area (Å²) in [5.41, 5.74) is 2.47. The molecule has 0 unspecified atom stereocenters. The van der Waals surface area contributed by atoms with Crippen molar-refractivity contribution in [3.05, 3.63) is 29.3 Å². The van der Waals surface area contributed by atoms with Crippen LogP contribution in [0.3, 0.4) is 0 Å². The van der Waals surface area contributed by atoms with Crippen molar-refractivity contribution >= 4 is 15.9 Å². The summed E-state index contributed by atoms with van der Waals surface area (Å²) in [6, 6.07) is 5.62. The number of piperidine rings is 1. The molecule has 28 heavy (non-hydrogen) atoms. The average Bonchev–Trinajstić information content (AvgIpc) is 2.74. The summed E-state index contributed by atoms with van der Waals surface area (Å²) >= 11 is 0. The highest BCUT2D eigenvalue weighted by atomic mass is 32.2. The van der Waals surface area contributed by atoms with Crippen LogP contribution in [0.15, 0.2) is 23.1 Å². The second-order valence-corrected chi connectivity index (χ2v) is 10.2. The molecular weight excluding hydrogens is 374 g/mol. The number of piperazine rings is 1. The topological polar surface area (TPSA) is 60.9 Å². The van der Waals surface area contributed by atoms with Crippen LogP contribution in [-0.2, 0) is 27.7 Å². The lowest BCUT2D eigenvalue weighted by molar-refractivity contribution is -0.133. The normalized spacial score (nSPS) is 22.1. The third-order valence-corrected chi connectivity index (χ3v) is 8.25. The molecule has 1 amide bonds. The van der Waals surface area contributed by atoms with Gasteiger partial charge in [0.2, 0.25) is 15.9 Å². The van der Waals surface area contributed by atoms with Crippen molar-refractivity contribution < 1.29 is 13.2 Å². The van der Waals surface area contributed by atoms with E-state index < -0.39 is 10.0 Å². The Hall–Kier alpha value is -1.44. The van der Waals surface area contributed by atoms with E-state index in [9.17, 15) is 13.2 Å². The number of aryl methyl sites for hydroxylation is 2. The van der Waals surface area contributed by atoms with Gasteiger partial charge in [0.1, 0.15) is 0 Å². The van der Waals surface area contributed by atoms with E-state index in [-0.39, 0.29) is 5.91 Å². The van der Waals surface area contributed by atoms with Gasteiger partial charge in [0.15, 0.2) is 0 Å². The van der Waals surface area contributed by atoms with Gasteiger partial charge in [-0.1, -0.05) is 12.5 Å². The second kappa shape index (κ2) is 8.51. The van der Waals surface area contributed by atoms with Gasteiger partial charge in [-0.25, -0.2) is 8.42 Å². The van der Waals surface area contributed by atoms with Gasteiger partial charge in [-0.2, -0.15) is 4.31 Å². The molecule has 0 saturated carbocycles. The number of hydrogen-bond donors (Lipinski definition) is 0. The van der Waals surface area contributed by atoms with Crippen LogP contribution in [0.25, 0.3) is 0 Å². The molecule has 2 heterocycles. The van der Waals surface area contributed by atoms with Crippen LogP contribution in [0.5, 0.6) is 0 Å². The largest absolute Gasteiger partial charge is 0.339 e. The van der Waals surface area contributed by atoms with E-state index in [1.807, 2.05) is 17.0 Å². The number of hydrogen-bond acceptors (Lipinski definition) is 4. The van der Waals surface area contributed by atoms with Crippen LogP contribution in [0.4, 0.5) is 0 Å². The van der Waals surface area contributed by atoms with Gasteiger partial charge in [0, 0.05) is 26.2 Å². The number of fused-ring (bicyclic) bond motifs is 1. The lowest BCUT2D eigenvalue weighted by atomic mass is 9.92.